The SMILES string of the molecule is CC(N)CC(=O)Nc1cc(C2CCCCCC2)[nH]n1.Cl. The first-order valence-electron chi connectivity index (χ1n) is 7.26. The minimum atomic E-state index is -0.125. The molecule has 1 aromatic rings. The highest BCUT2D eigenvalue weighted by molar-refractivity contribution is 5.90. The fourth-order valence-electron chi connectivity index (χ4n) is 2.69. The van der Waals surface area contributed by atoms with Gasteiger partial charge in [-0.1, -0.05) is 25.7 Å². The van der Waals surface area contributed by atoms with E-state index in [1.54, 1.807) is 0 Å². The van der Waals surface area contributed by atoms with E-state index in [1.807, 2.05) is 13.0 Å². The second-order valence-corrected chi connectivity index (χ2v) is 5.63. The zero-order chi connectivity index (χ0) is 13.7. The molecule has 0 aliphatic heterocycles. The Bertz CT molecular complexity index is 411. The highest BCUT2D eigenvalue weighted by Gasteiger charge is 2.17. The van der Waals surface area contributed by atoms with E-state index in [0.717, 1.165) is 5.69 Å². The lowest BCUT2D eigenvalue weighted by Crippen LogP contribution is -2.24. The van der Waals surface area contributed by atoms with Crippen LogP contribution in [-0.4, -0.2) is 22.1 Å². The van der Waals surface area contributed by atoms with Crippen molar-refractivity contribution < 1.29 is 4.79 Å². The maximum Gasteiger partial charge on any atom is 0.227 e. The third-order valence-corrected chi connectivity index (χ3v) is 3.67. The summed E-state index contributed by atoms with van der Waals surface area (Å²) in [6.45, 7) is 1.82. The molecule has 0 radical (unpaired) electrons. The second kappa shape index (κ2) is 8.27. The number of nitrogens with two attached hydrogens (primary N) is 1. The molecular formula is C14H25ClN4O. The van der Waals surface area contributed by atoms with Gasteiger partial charge in [-0.05, 0) is 19.8 Å². The van der Waals surface area contributed by atoms with E-state index in [2.05, 4.69) is 15.5 Å². The zero-order valence-corrected chi connectivity index (χ0v) is 12.8. The van der Waals surface area contributed by atoms with E-state index in [1.165, 1.54) is 38.5 Å². The standard InChI is InChI=1S/C14H24N4O.ClH/c1-10(15)8-14(19)16-13-9-12(17-18-13)11-6-4-2-3-5-7-11;/h9-11H,2-8,15H2,1H3,(H2,16,17,18,19);1H. The van der Waals surface area contributed by atoms with Gasteiger partial charge in [0.1, 0.15) is 0 Å². The number of carbonyl (C=O) groups is 1. The molecule has 6 heteroatoms. The van der Waals surface area contributed by atoms with Crippen LogP contribution in [0.2, 0.25) is 0 Å². The summed E-state index contributed by atoms with van der Waals surface area (Å²) in [7, 11) is 0. The van der Waals surface area contributed by atoms with Gasteiger partial charge in [0.25, 0.3) is 0 Å². The van der Waals surface area contributed by atoms with Crippen molar-refractivity contribution in [3.05, 3.63) is 11.8 Å². The Kier molecular flexibility index (Phi) is 7.02. The van der Waals surface area contributed by atoms with Crippen molar-refractivity contribution in [3.63, 3.8) is 0 Å². The van der Waals surface area contributed by atoms with Gasteiger partial charge in [-0.15, -0.1) is 12.4 Å². The summed E-state index contributed by atoms with van der Waals surface area (Å²) in [4.78, 5) is 11.6. The van der Waals surface area contributed by atoms with E-state index in [4.69, 9.17) is 5.73 Å². The van der Waals surface area contributed by atoms with Crippen LogP contribution in [-0.2, 0) is 4.79 Å². The van der Waals surface area contributed by atoms with Crippen molar-refractivity contribution in [1.82, 2.24) is 10.2 Å². The van der Waals surface area contributed by atoms with Crippen molar-refractivity contribution >= 4 is 24.1 Å². The average molecular weight is 301 g/mol. The molecule has 0 saturated heterocycles. The number of halogens is 1. The highest BCUT2D eigenvalue weighted by atomic mass is 35.5. The van der Waals surface area contributed by atoms with Gasteiger partial charge in [0, 0.05) is 30.1 Å². The predicted molar refractivity (Wildman–Crippen MR) is 83.2 cm³/mol. The van der Waals surface area contributed by atoms with Crippen LogP contribution in [0, 0.1) is 0 Å². The molecule has 1 saturated carbocycles. The number of aromatic nitrogens is 2. The van der Waals surface area contributed by atoms with Crippen molar-refractivity contribution in [2.45, 2.75) is 63.8 Å². The summed E-state index contributed by atoms with van der Waals surface area (Å²) in [5.41, 5.74) is 6.75. The van der Waals surface area contributed by atoms with Crippen LogP contribution in [0.25, 0.3) is 0 Å². The first-order chi connectivity index (χ1) is 9.15. The molecule has 1 fully saturated rings. The Morgan fingerprint density at radius 1 is 1.45 bits per heavy atom. The van der Waals surface area contributed by atoms with Crippen molar-refractivity contribution in [2.24, 2.45) is 5.73 Å². The van der Waals surface area contributed by atoms with Gasteiger partial charge < -0.3 is 11.1 Å². The summed E-state index contributed by atoms with van der Waals surface area (Å²) in [5.74, 6) is 1.10. The normalized spacial score (nSPS) is 17.9. The molecule has 114 valence electrons. The van der Waals surface area contributed by atoms with Crippen molar-refractivity contribution in [3.8, 4) is 0 Å². The Morgan fingerprint density at radius 3 is 2.70 bits per heavy atom. The zero-order valence-electron chi connectivity index (χ0n) is 12.0. The van der Waals surface area contributed by atoms with Crippen LogP contribution in [0.4, 0.5) is 5.82 Å². The molecule has 1 aromatic heterocycles. The molecule has 2 rings (SSSR count). The maximum atomic E-state index is 11.6. The van der Waals surface area contributed by atoms with E-state index in [-0.39, 0.29) is 24.4 Å². The molecule has 1 unspecified atom stereocenters. The summed E-state index contributed by atoms with van der Waals surface area (Å²) in [6, 6.07) is 1.84. The largest absolute Gasteiger partial charge is 0.327 e. The fourth-order valence-corrected chi connectivity index (χ4v) is 2.69. The van der Waals surface area contributed by atoms with Crippen LogP contribution in [0.1, 0.15) is 63.5 Å². The Labute approximate surface area is 126 Å². The number of anilines is 1. The lowest BCUT2D eigenvalue weighted by Gasteiger charge is -2.10. The molecule has 0 aromatic carbocycles. The van der Waals surface area contributed by atoms with E-state index in [0.29, 0.717) is 18.2 Å². The smallest absolute Gasteiger partial charge is 0.227 e. The van der Waals surface area contributed by atoms with Crippen LogP contribution in [0.5, 0.6) is 0 Å². The molecule has 1 aliphatic rings. The second-order valence-electron chi connectivity index (χ2n) is 5.63. The number of hydrogen-bond acceptors (Lipinski definition) is 3. The monoisotopic (exact) mass is 300 g/mol. The molecular weight excluding hydrogens is 276 g/mol. The lowest BCUT2D eigenvalue weighted by atomic mass is 9.97. The van der Waals surface area contributed by atoms with Crippen LogP contribution in [0.15, 0.2) is 6.07 Å². The number of rotatable bonds is 4. The van der Waals surface area contributed by atoms with Gasteiger partial charge >= 0.3 is 0 Å². The van der Waals surface area contributed by atoms with Crippen LogP contribution in [0.3, 0.4) is 0 Å². The minimum absolute atomic E-state index is 0. The first kappa shape index (κ1) is 17.0. The van der Waals surface area contributed by atoms with Gasteiger partial charge in [0.05, 0.1) is 0 Å². The molecule has 0 bridgehead atoms. The predicted octanol–water partition coefficient (Wildman–Crippen LogP) is 2.95. The molecule has 1 atom stereocenters. The Morgan fingerprint density at radius 2 is 2.10 bits per heavy atom. The Hall–Kier alpha value is -1.07. The van der Waals surface area contributed by atoms with Gasteiger partial charge in [-0.25, -0.2) is 0 Å². The topological polar surface area (TPSA) is 83.8 Å². The molecule has 5 nitrogen and oxygen atoms in total. The lowest BCUT2D eigenvalue weighted by molar-refractivity contribution is -0.116. The maximum absolute atomic E-state index is 11.6. The van der Waals surface area contributed by atoms with Crippen molar-refractivity contribution in [2.75, 3.05) is 5.32 Å². The van der Waals surface area contributed by atoms with Gasteiger partial charge in [0.15, 0.2) is 5.82 Å². The fraction of sp³-hybridized carbons (Fsp3) is 0.714. The van der Waals surface area contributed by atoms with Crippen LogP contribution < -0.4 is 11.1 Å². The molecule has 20 heavy (non-hydrogen) atoms. The van der Waals surface area contributed by atoms with Crippen LogP contribution >= 0.6 is 12.4 Å². The van der Waals surface area contributed by atoms with Crippen molar-refractivity contribution in [1.29, 1.82) is 0 Å². The molecule has 0 spiro atoms. The average Bonchev–Trinajstić information content (AvgIpc) is 2.63. The number of aromatic amines is 1. The number of carbonyl (C=O) groups excluding carboxylic acids is 1. The van der Waals surface area contributed by atoms with Gasteiger partial charge in [0.2, 0.25) is 5.91 Å². The number of nitrogens with zero attached hydrogens (tertiary/aromatic N) is 1. The van der Waals surface area contributed by atoms with E-state index in [9.17, 15) is 4.79 Å². The Balaban J connectivity index is 0.00000200. The minimum Gasteiger partial charge on any atom is -0.327 e. The molecule has 4 N–H and O–H groups in total. The summed E-state index contributed by atoms with van der Waals surface area (Å²) in [6.07, 6.45) is 8.01. The number of nitrogens with one attached hydrogen (secondary N) is 2. The third-order valence-electron chi connectivity index (χ3n) is 3.67. The number of amides is 1. The summed E-state index contributed by atoms with van der Waals surface area (Å²) < 4.78 is 0. The third kappa shape index (κ3) is 5.13. The van der Waals surface area contributed by atoms with Gasteiger partial charge in [-0.3, -0.25) is 9.89 Å². The summed E-state index contributed by atoms with van der Waals surface area (Å²) >= 11 is 0. The summed E-state index contributed by atoms with van der Waals surface area (Å²) in [5, 5.41) is 10.0. The van der Waals surface area contributed by atoms with Gasteiger partial charge in [-0.2, -0.15) is 5.10 Å². The molecule has 1 heterocycles. The quantitative estimate of drug-likeness (QED) is 0.748. The van der Waals surface area contributed by atoms with E-state index >= 15 is 0 Å². The van der Waals surface area contributed by atoms with E-state index < -0.39 is 0 Å². The molecule has 1 amide bonds. The first-order valence-corrected chi connectivity index (χ1v) is 7.26. The number of H-pyrrole nitrogens is 1. The molecule has 1 aliphatic carbocycles. The number of hydrogen-bond donors (Lipinski definition) is 3. The highest BCUT2D eigenvalue weighted by Crippen LogP contribution is 2.31.